The van der Waals surface area contributed by atoms with Gasteiger partial charge in [-0.15, -0.1) is 0 Å². The van der Waals surface area contributed by atoms with E-state index in [9.17, 15) is 0 Å². The van der Waals surface area contributed by atoms with E-state index in [0.29, 0.717) is 0 Å². The van der Waals surface area contributed by atoms with Crippen LogP contribution in [0, 0.1) is 6.92 Å². The van der Waals surface area contributed by atoms with Crippen molar-refractivity contribution in [2.45, 2.75) is 20.8 Å². The third-order valence-corrected chi connectivity index (χ3v) is 2.22. The lowest BCUT2D eigenvalue weighted by Gasteiger charge is -2.06. The topological polar surface area (TPSA) is 35.0 Å². The van der Waals surface area contributed by atoms with Crippen molar-refractivity contribution in [3.05, 3.63) is 42.2 Å². The first-order valence-corrected chi connectivity index (χ1v) is 5.73. The summed E-state index contributed by atoms with van der Waals surface area (Å²) < 4.78 is 5.20. The molecule has 0 radical (unpaired) electrons. The third kappa shape index (κ3) is 3.28. The summed E-state index contributed by atoms with van der Waals surface area (Å²) in [4.78, 5) is 8.39. The molecule has 3 heteroatoms. The fourth-order valence-electron chi connectivity index (χ4n) is 1.47. The molecule has 0 aliphatic carbocycles. The Morgan fingerprint density at radius 3 is 2.24 bits per heavy atom. The highest BCUT2D eigenvalue weighted by atomic mass is 16.5. The van der Waals surface area contributed by atoms with E-state index in [-0.39, 0.29) is 0 Å². The van der Waals surface area contributed by atoms with E-state index < -0.39 is 0 Å². The molecule has 2 rings (SSSR count). The van der Waals surface area contributed by atoms with Gasteiger partial charge in [0.2, 0.25) is 0 Å². The van der Waals surface area contributed by atoms with E-state index in [4.69, 9.17) is 4.74 Å². The van der Waals surface area contributed by atoms with Crippen LogP contribution in [0.4, 0.5) is 0 Å². The first-order chi connectivity index (χ1) is 8.31. The van der Waals surface area contributed by atoms with Crippen molar-refractivity contribution in [1.82, 2.24) is 9.97 Å². The molecular weight excluding hydrogens is 212 g/mol. The first-order valence-electron chi connectivity index (χ1n) is 5.73. The number of hydrogen-bond acceptors (Lipinski definition) is 3. The molecule has 1 aromatic heterocycles. The van der Waals surface area contributed by atoms with Crippen LogP contribution in [0.5, 0.6) is 5.75 Å². The SMILES string of the molecule is CC.COc1ccc(-c2ncccn2)cc1C. The van der Waals surface area contributed by atoms with Crippen LogP contribution in [0.3, 0.4) is 0 Å². The highest BCUT2D eigenvalue weighted by Crippen LogP contribution is 2.23. The molecule has 3 nitrogen and oxygen atoms in total. The van der Waals surface area contributed by atoms with Gasteiger partial charge in [-0.25, -0.2) is 9.97 Å². The minimum atomic E-state index is 0.739. The molecule has 0 amide bonds. The zero-order valence-corrected chi connectivity index (χ0v) is 10.8. The van der Waals surface area contributed by atoms with Crippen molar-refractivity contribution < 1.29 is 4.74 Å². The van der Waals surface area contributed by atoms with Gasteiger partial charge >= 0.3 is 0 Å². The first kappa shape index (κ1) is 13.2. The number of aromatic nitrogens is 2. The molecular formula is C14H18N2O. The van der Waals surface area contributed by atoms with Crippen LogP contribution in [-0.2, 0) is 0 Å². The molecule has 0 bridgehead atoms. The van der Waals surface area contributed by atoms with E-state index in [1.807, 2.05) is 39.0 Å². The fraction of sp³-hybridized carbons (Fsp3) is 0.286. The Hall–Kier alpha value is -1.90. The van der Waals surface area contributed by atoms with Crippen molar-refractivity contribution in [3.63, 3.8) is 0 Å². The predicted octanol–water partition coefficient (Wildman–Crippen LogP) is 3.49. The quantitative estimate of drug-likeness (QED) is 0.792. The number of rotatable bonds is 2. The summed E-state index contributed by atoms with van der Waals surface area (Å²) in [5.41, 5.74) is 2.09. The second kappa shape index (κ2) is 6.63. The number of benzene rings is 1. The van der Waals surface area contributed by atoms with Gasteiger partial charge in [-0.05, 0) is 36.8 Å². The third-order valence-electron chi connectivity index (χ3n) is 2.22. The van der Waals surface area contributed by atoms with E-state index in [0.717, 1.165) is 22.7 Å². The molecule has 90 valence electrons. The minimum Gasteiger partial charge on any atom is -0.496 e. The van der Waals surface area contributed by atoms with Crippen LogP contribution in [0.15, 0.2) is 36.7 Å². The summed E-state index contributed by atoms with van der Waals surface area (Å²) in [6, 6.07) is 7.72. The van der Waals surface area contributed by atoms with Crippen LogP contribution < -0.4 is 4.74 Å². The molecule has 0 aliphatic heterocycles. The molecule has 0 unspecified atom stereocenters. The number of ether oxygens (including phenoxy) is 1. The van der Waals surface area contributed by atoms with Gasteiger partial charge in [-0.1, -0.05) is 13.8 Å². The van der Waals surface area contributed by atoms with Gasteiger partial charge in [0.15, 0.2) is 5.82 Å². The highest BCUT2D eigenvalue weighted by molar-refractivity contribution is 5.58. The van der Waals surface area contributed by atoms with E-state index in [1.165, 1.54) is 0 Å². The van der Waals surface area contributed by atoms with Gasteiger partial charge in [0.25, 0.3) is 0 Å². The molecule has 0 atom stereocenters. The average molecular weight is 230 g/mol. The minimum absolute atomic E-state index is 0.739. The summed E-state index contributed by atoms with van der Waals surface area (Å²) in [5.74, 6) is 1.62. The monoisotopic (exact) mass is 230 g/mol. The van der Waals surface area contributed by atoms with Crippen molar-refractivity contribution in [2.75, 3.05) is 7.11 Å². The Labute approximate surface area is 103 Å². The average Bonchev–Trinajstić information content (AvgIpc) is 2.42. The van der Waals surface area contributed by atoms with Crippen LogP contribution >= 0.6 is 0 Å². The van der Waals surface area contributed by atoms with Crippen molar-refractivity contribution in [3.8, 4) is 17.1 Å². The van der Waals surface area contributed by atoms with Crippen LogP contribution in [0.2, 0.25) is 0 Å². The summed E-state index contributed by atoms with van der Waals surface area (Å²) in [7, 11) is 1.67. The normalized spacial score (nSPS) is 9.18. The number of aryl methyl sites for hydroxylation is 1. The standard InChI is InChI=1S/C12H12N2O.C2H6/c1-9-8-10(4-5-11(9)15-2)12-13-6-3-7-14-12;1-2/h3-8H,1-2H3;1-2H3. The molecule has 17 heavy (non-hydrogen) atoms. The Morgan fingerprint density at radius 1 is 1.06 bits per heavy atom. The van der Waals surface area contributed by atoms with Crippen molar-refractivity contribution in [2.24, 2.45) is 0 Å². The number of nitrogens with zero attached hydrogens (tertiary/aromatic N) is 2. The Balaban J connectivity index is 0.000000686. The lowest BCUT2D eigenvalue weighted by Crippen LogP contribution is -1.90. The molecule has 0 saturated heterocycles. The molecule has 0 saturated carbocycles. The zero-order valence-electron chi connectivity index (χ0n) is 10.8. The maximum absolute atomic E-state index is 5.20. The van der Waals surface area contributed by atoms with Crippen LogP contribution in [-0.4, -0.2) is 17.1 Å². The van der Waals surface area contributed by atoms with E-state index in [2.05, 4.69) is 9.97 Å². The maximum atomic E-state index is 5.20. The molecule has 0 spiro atoms. The second-order valence-corrected chi connectivity index (χ2v) is 3.26. The van der Waals surface area contributed by atoms with Gasteiger partial charge in [0.1, 0.15) is 5.75 Å². The van der Waals surface area contributed by atoms with Gasteiger partial charge in [-0.2, -0.15) is 0 Å². The van der Waals surface area contributed by atoms with Gasteiger partial charge in [-0.3, -0.25) is 0 Å². The summed E-state index contributed by atoms with van der Waals surface area (Å²) in [5, 5.41) is 0. The van der Waals surface area contributed by atoms with E-state index >= 15 is 0 Å². The predicted molar refractivity (Wildman–Crippen MR) is 70.1 cm³/mol. The van der Waals surface area contributed by atoms with Gasteiger partial charge < -0.3 is 4.74 Å². The molecule has 2 aromatic rings. The van der Waals surface area contributed by atoms with Crippen molar-refractivity contribution in [1.29, 1.82) is 0 Å². The second-order valence-electron chi connectivity index (χ2n) is 3.26. The largest absolute Gasteiger partial charge is 0.496 e. The van der Waals surface area contributed by atoms with E-state index in [1.54, 1.807) is 25.6 Å². The van der Waals surface area contributed by atoms with Gasteiger partial charge in [0, 0.05) is 18.0 Å². The number of methoxy groups -OCH3 is 1. The van der Waals surface area contributed by atoms with Crippen molar-refractivity contribution >= 4 is 0 Å². The maximum Gasteiger partial charge on any atom is 0.159 e. The fourth-order valence-corrected chi connectivity index (χ4v) is 1.47. The lowest BCUT2D eigenvalue weighted by molar-refractivity contribution is 0.412. The molecule has 0 aliphatic rings. The molecule has 0 fully saturated rings. The molecule has 0 N–H and O–H groups in total. The summed E-state index contributed by atoms with van der Waals surface area (Å²) >= 11 is 0. The lowest BCUT2D eigenvalue weighted by atomic mass is 10.1. The zero-order chi connectivity index (χ0) is 12.7. The Bertz CT molecular complexity index is 455. The highest BCUT2D eigenvalue weighted by Gasteiger charge is 2.03. The number of hydrogen-bond donors (Lipinski definition) is 0. The van der Waals surface area contributed by atoms with Gasteiger partial charge in [0.05, 0.1) is 7.11 Å². The van der Waals surface area contributed by atoms with Crippen LogP contribution in [0.25, 0.3) is 11.4 Å². The summed E-state index contributed by atoms with van der Waals surface area (Å²) in [6.45, 7) is 6.01. The Kier molecular flexibility index (Phi) is 5.14. The molecule has 1 aromatic carbocycles. The summed E-state index contributed by atoms with van der Waals surface area (Å²) in [6.07, 6.45) is 3.48. The van der Waals surface area contributed by atoms with Crippen LogP contribution in [0.1, 0.15) is 19.4 Å². The molecule has 1 heterocycles. The Morgan fingerprint density at radius 2 is 1.71 bits per heavy atom. The smallest absolute Gasteiger partial charge is 0.159 e.